The summed E-state index contributed by atoms with van der Waals surface area (Å²) >= 11 is 1.29. The normalized spacial score (nSPS) is 21.0. The van der Waals surface area contributed by atoms with Gasteiger partial charge in [-0.3, -0.25) is 14.4 Å². The van der Waals surface area contributed by atoms with Gasteiger partial charge in [-0.1, -0.05) is 24.3 Å². The van der Waals surface area contributed by atoms with Crippen LogP contribution in [0, 0.1) is 12.8 Å². The number of aryl methyl sites for hydroxylation is 1. The van der Waals surface area contributed by atoms with Crippen molar-refractivity contribution in [1.82, 2.24) is 14.6 Å². The van der Waals surface area contributed by atoms with Crippen molar-refractivity contribution in [2.45, 2.75) is 70.1 Å². The number of aromatic nitrogens is 1. The SMILES string of the molecule is Cc1sncc1C(=O)N[C@@H](C)[C@H](Oc1ccc(C(=O)O[C@H]2CCCN(C(=O)[C@H]3COC(=O)C3)C2)cc1)c1ccc(C2CC2)cc1. The van der Waals surface area contributed by atoms with E-state index in [2.05, 4.69) is 34.0 Å². The first-order valence-corrected chi connectivity index (χ1v) is 16.3. The lowest BCUT2D eigenvalue weighted by Gasteiger charge is -2.33. The third-order valence-corrected chi connectivity index (χ3v) is 9.35. The molecule has 0 spiro atoms. The van der Waals surface area contributed by atoms with Crippen LogP contribution in [0.2, 0.25) is 0 Å². The van der Waals surface area contributed by atoms with Crippen LogP contribution in [0.15, 0.2) is 54.7 Å². The highest BCUT2D eigenvalue weighted by atomic mass is 32.1. The zero-order valence-electron chi connectivity index (χ0n) is 25.4. The number of carbonyl (C=O) groups is 4. The van der Waals surface area contributed by atoms with Gasteiger partial charge in [0, 0.05) is 11.4 Å². The highest BCUT2D eigenvalue weighted by Gasteiger charge is 2.36. The van der Waals surface area contributed by atoms with E-state index in [-0.39, 0.29) is 36.9 Å². The van der Waals surface area contributed by atoms with Crippen LogP contribution in [-0.4, -0.2) is 64.9 Å². The summed E-state index contributed by atoms with van der Waals surface area (Å²) in [6.07, 6.45) is 4.54. The summed E-state index contributed by atoms with van der Waals surface area (Å²) in [7, 11) is 0. The van der Waals surface area contributed by atoms with Gasteiger partial charge in [-0.15, -0.1) is 0 Å². The Labute approximate surface area is 266 Å². The number of esters is 2. The molecule has 1 N–H and O–H groups in total. The predicted molar refractivity (Wildman–Crippen MR) is 166 cm³/mol. The first kappa shape index (κ1) is 30.8. The molecular formula is C34H37N3O7S. The van der Waals surface area contributed by atoms with Crippen LogP contribution in [0.5, 0.6) is 5.75 Å². The van der Waals surface area contributed by atoms with Crippen molar-refractivity contribution in [3.05, 3.63) is 81.9 Å². The molecule has 45 heavy (non-hydrogen) atoms. The molecule has 4 atom stereocenters. The minimum atomic E-state index is -0.488. The Bertz CT molecular complexity index is 1550. The molecule has 6 rings (SSSR count). The number of nitrogens with one attached hydrogen (secondary N) is 1. The zero-order chi connectivity index (χ0) is 31.5. The molecule has 10 nitrogen and oxygen atoms in total. The summed E-state index contributed by atoms with van der Waals surface area (Å²) in [5.74, 6) is -0.471. The van der Waals surface area contributed by atoms with Crippen molar-refractivity contribution in [1.29, 1.82) is 0 Å². The van der Waals surface area contributed by atoms with Crippen LogP contribution < -0.4 is 10.1 Å². The van der Waals surface area contributed by atoms with E-state index < -0.39 is 24.1 Å². The standard InChI is InChI=1S/C34H37N3O7S/c1-20(36-32(39)29-17-35-45-21(29)2)31(24-9-7-23(8-10-24)22-5-6-22)43-27-13-11-25(12-14-27)34(41)44-28-4-3-15-37(18-28)33(40)26-16-30(38)42-19-26/h7-14,17,20,22,26,28,31H,3-6,15-16,18-19H2,1-2H3,(H,36,39)/t20-,26+,28-,31-/m0/s1. The minimum Gasteiger partial charge on any atom is -0.484 e. The number of hydrogen-bond donors (Lipinski definition) is 1. The second kappa shape index (κ2) is 13.4. The molecule has 0 radical (unpaired) electrons. The van der Waals surface area contributed by atoms with Crippen molar-refractivity contribution >= 4 is 35.3 Å². The van der Waals surface area contributed by atoms with E-state index in [1.54, 1.807) is 35.4 Å². The smallest absolute Gasteiger partial charge is 0.338 e. The van der Waals surface area contributed by atoms with E-state index in [1.807, 2.05) is 13.8 Å². The van der Waals surface area contributed by atoms with Crippen LogP contribution in [0.3, 0.4) is 0 Å². The molecule has 11 heteroatoms. The molecule has 0 unspecified atom stereocenters. The number of ether oxygens (including phenoxy) is 3. The van der Waals surface area contributed by atoms with Crippen molar-refractivity contribution in [3.8, 4) is 5.75 Å². The van der Waals surface area contributed by atoms with E-state index in [9.17, 15) is 19.2 Å². The number of amides is 2. The van der Waals surface area contributed by atoms with Crippen LogP contribution in [0.1, 0.15) is 87.8 Å². The van der Waals surface area contributed by atoms with Gasteiger partial charge in [0.05, 0.1) is 42.2 Å². The summed E-state index contributed by atoms with van der Waals surface area (Å²) < 4.78 is 21.3. The number of carbonyl (C=O) groups excluding carboxylic acids is 4. The van der Waals surface area contributed by atoms with Gasteiger partial charge >= 0.3 is 11.9 Å². The van der Waals surface area contributed by atoms with Crippen LogP contribution in [0.25, 0.3) is 0 Å². The second-order valence-corrected chi connectivity index (χ2v) is 13.1. The van der Waals surface area contributed by atoms with Gasteiger partial charge in [0.25, 0.3) is 5.91 Å². The molecule has 3 fully saturated rings. The maximum Gasteiger partial charge on any atom is 0.338 e. The van der Waals surface area contributed by atoms with Gasteiger partial charge in [0.15, 0.2) is 0 Å². The summed E-state index contributed by atoms with van der Waals surface area (Å²) in [5, 5.41) is 3.08. The van der Waals surface area contributed by atoms with Crippen molar-refractivity contribution in [3.63, 3.8) is 0 Å². The fraction of sp³-hybridized carbons (Fsp3) is 0.441. The van der Waals surface area contributed by atoms with E-state index >= 15 is 0 Å². The second-order valence-electron chi connectivity index (χ2n) is 12.1. The molecule has 3 aliphatic rings. The van der Waals surface area contributed by atoms with E-state index in [0.717, 1.165) is 10.4 Å². The largest absolute Gasteiger partial charge is 0.484 e. The van der Waals surface area contributed by atoms with Crippen molar-refractivity contribution < 1.29 is 33.4 Å². The topological polar surface area (TPSA) is 124 Å². The number of nitrogens with zero attached hydrogens (tertiary/aromatic N) is 2. The molecule has 236 valence electrons. The van der Waals surface area contributed by atoms with Gasteiger partial charge in [0.1, 0.15) is 24.6 Å². The Morgan fingerprint density at radius 1 is 1.07 bits per heavy atom. The summed E-state index contributed by atoms with van der Waals surface area (Å²) in [4.78, 5) is 52.8. The molecule has 2 amide bonds. The van der Waals surface area contributed by atoms with Gasteiger partial charge < -0.3 is 24.4 Å². The van der Waals surface area contributed by atoms with Crippen LogP contribution >= 0.6 is 11.5 Å². The first-order valence-electron chi connectivity index (χ1n) is 15.5. The minimum absolute atomic E-state index is 0.0950. The monoisotopic (exact) mass is 631 g/mol. The molecule has 2 aliphatic heterocycles. The Kier molecular flexibility index (Phi) is 9.16. The highest BCUT2D eigenvalue weighted by molar-refractivity contribution is 7.06. The lowest BCUT2D eigenvalue weighted by molar-refractivity contribution is -0.139. The summed E-state index contributed by atoms with van der Waals surface area (Å²) in [5.41, 5.74) is 3.16. The quantitative estimate of drug-likeness (QED) is 0.311. The van der Waals surface area contributed by atoms with Gasteiger partial charge in [-0.2, -0.15) is 0 Å². The number of hydrogen-bond acceptors (Lipinski definition) is 9. The van der Waals surface area contributed by atoms with Crippen molar-refractivity contribution in [2.75, 3.05) is 19.7 Å². The van der Waals surface area contributed by atoms with Crippen LogP contribution in [0.4, 0.5) is 0 Å². The number of cyclic esters (lactones) is 1. The summed E-state index contributed by atoms with van der Waals surface area (Å²) in [6.45, 7) is 4.75. The van der Waals surface area contributed by atoms with Gasteiger partial charge in [0.2, 0.25) is 5.91 Å². The molecule has 1 aliphatic carbocycles. The number of benzene rings is 2. The fourth-order valence-corrected chi connectivity index (χ4v) is 6.47. The lowest BCUT2D eigenvalue weighted by atomic mass is 10.00. The third kappa shape index (κ3) is 7.36. The molecule has 3 aromatic rings. The molecule has 2 aromatic carbocycles. The Morgan fingerprint density at radius 2 is 1.82 bits per heavy atom. The van der Waals surface area contributed by atoms with Crippen LogP contribution in [-0.2, 0) is 19.1 Å². The molecule has 1 saturated carbocycles. The Hall–Kier alpha value is -4.25. The maximum atomic E-state index is 13.0. The molecule has 0 bridgehead atoms. The predicted octanol–water partition coefficient (Wildman–Crippen LogP) is 4.98. The van der Waals surface area contributed by atoms with E-state index in [0.29, 0.717) is 48.7 Å². The lowest BCUT2D eigenvalue weighted by Crippen LogP contribution is -2.46. The molecule has 3 heterocycles. The molecule has 2 saturated heterocycles. The molecule has 1 aromatic heterocycles. The van der Waals surface area contributed by atoms with E-state index in [4.69, 9.17) is 14.2 Å². The fourth-order valence-electron chi connectivity index (χ4n) is 5.91. The van der Waals surface area contributed by atoms with Crippen molar-refractivity contribution in [2.24, 2.45) is 5.92 Å². The number of piperidine rings is 1. The third-order valence-electron chi connectivity index (χ3n) is 8.65. The number of rotatable bonds is 10. The Balaban J connectivity index is 1.10. The number of likely N-dealkylation sites (tertiary alicyclic amines) is 1. The maximum absolute atomic E-state index is 13.0. The summed E-state index contributed by atoms with van der Waals surface area (Å²) in [6, 6.07) is 14.7. The van der Waals surface area contributed by atoms with E-state index in [1.165, 1.54) is 29.9 Å². The zero-order valence-corrected chi connectivity index (χ0v) is 26.2. The average molecular weight is 632 g/mol. The van der Waals surface area contributed by atoms with Gasteiger partial charge in [-0.25, -0.2) is 9.17 Å². The molecular weight excluding hydrogens is 594 g/mol. The average Bonchev–Trinajstić information content (AvgIpc) is 3.66. The van der Waals surface area contributed by atoms with Gasteiger partial charge in [-0.05, 0) is 92.4 Å². The highest BCUT2D eigenvalue weighted by Crippen LogP contribution is 2.40. The first-order chi connectivity index (χ1) is 21.7. The Morgan fingerprint density at radius 3 is 2.47 bits per heavy atom.